The number of nitriles is 2. The summed E-state index contributed by atoms with van der Waals surface area (Å²) in [6, 6.07) is 11.0. The number of nitrogens with one attached hydrogen (secondary N) is 1. The third-order valence-corrected chi connectivity index (χ3v) is 3.05. The maximum Gasteiger partial charge on any atom is 0.121 e. The van der Waals surface area contributed by atoms with E-state index in [1.165, 1.54) is 0 Å². The number of nitrogens with zero attached hydrogens (tertiary/aromatic N) is 2. The maximum absolute atomic E-state index is 9.18. The van der Waals surface area contributed by atoms with Crippen LogP contribution in [-0.4, -0.2) is 19.3 Å². The Morgan fingerprint density at radius 3 is 3.00 bits per heavy atom. The van der Waals surface area contributed by atoms with Crippen molar-refractivity contribution in [1.82, 2.24) is 5.32 Å². The molecule has 18 heavy (non-hydrogen) atoms. The second-order valence-electron chi connectivity index (χ2n) is 4.34. The van der Waals surface area contributed by atoms with Crippen molar-refractivity contribution >= 4 is 0 Å². The van der Waals surface area contributed by atoms with Crippen LogP contribution in [0.5, 0.6) is 0 Å². The van der Waals surface area contributed by atoms with Gasteiger partial charge in [-0.15, -0.1) is 0 Å². The Hall–Kier alpha value is -1.88. The molecule has 0 saturated carbocycles. The van der Waals surface area contributed by atoms with Crippen molar-refractivity contribution in [2.24, 2.45) is 0 Å². The van der Waals surface area contributed by atoms with Crippen LogP contribution in [0.2, 0.25) is 0 Å². The van der Waals surface area contributed by atoms with E-state index in [9.17, 15) is 5.26 Å². The number of benzene rings is 1. The largest absolute Gasteiger partial charge is 0.377 e. The molecule has 4 heteroatoms. The Labute approximate surface area is 107 Å². The van der Waals surface area contributed by atoms with Crippen LogP contribution in [0.25, 0.3) is 0 Å². The molecule has 1 N–H and O–H groups in total. The lowest BCUT2D eigenvalue weighted by Gasteiger charge is -2.15. The molecule has 0 amide bonds. The molecule has 1 fully saturated rings. The molecule has 92 valence electrons. The smallest absolute Gasteiger partial charge is 0.121 e. The summed E-state index contributed by atoms with van der Waals surface area (Å²) in [5, 5.41) is 21.2. The van der Waals surface area contributed by atoms with Crippen molar-refractivity contribution < 1.29 is 4.74 Å². The molecule has 0 bridgehead atoms. The molecule has 1 saturated heterocycles. The molecule has 0 aromatic heterocycles. The van der Waals surface area contributed by atoms with Crippen molar-refractivity contribution in [2.75, 3.05) is 13.2 Å². The fourth-order valence-electron chi connectivity index (χ4n) is 2.08. The molecule has 1 aromatic rings. The van der Waals surface area contributed by atoms with Gasteiger partial charge in [0, 0.05) is 13.2 Å². The maximum atomic E-state index is 9.18. The molecule has 1 aliphatic heterocycles. The average Bonchev–Trinajstić information content (AvgIpc) is 2.93. The lowest BCUT2D eigenvalue weighted by Crippen LogP contribution is -2.29. The van der Waals surface area contributed by atoms with Crippen LogP contribution in [0.1, 0.15) is 30.0 Å². The third-order valence-electron chi connectivity index (χ3n) is 3.05. The number of rotatable bonds is 4. The molecular formula is C14H15N3O. The summed E-state index contributed by atoms with van der Waals surface area (Å²) >= 11 is 0. The predicted molar refractivity (Wildman–Crippen MR) is 66.5 cm³/mol. The monoisotopic (exact) mass is 241 g/mol. The topological polar surface area (TPSA) is 68.8 Å². The fourth-order valence-corrected chi connectivity index (χ4v) is 2.08. The molecule has 1 heterocycles. The summed E-state index contributed by atoms with van der Waals surface area (Å²) in [6.07, 6.45) is 2.34. The van der Waals surface area contributed by atoms with E-state index >= 15 is 0 Å². The zero-order chi connectivity index (χ0) is 12.8. The third kappa shape index (κ3) is 3.07. The fraction of sp³-hybridized carbons (Fsp3) is 0.429. The first-order valence-electron chi connectivity index (χ1n) is 6.08. The van der Waals surface area contributed by atoms with E-state index < -0.39 is 0 Å². The molecule has 1 aromatic carbocycles. The summed E-state index contributed by atoms with van der Waals surface area (Å²) in [5.41, 5.74) is 1.40. The molecule has 2 rings (SSSR count). The lowest BCUT2D eigenvalue weighted by atomic mass is 10.1. The first-order chi connectivity index (χ1) is 8.83. The van der Waals surface area contributed by atoms with Gasteiger partial charge in [0.1, 0.15) is 6.04 Å². The molecule has 2 atom stereocenters. The predicted octanol–water partition coefficient (Wildman–Crippen LogP) is 1.89. The molecular weight excluding hydrogens is 226 g/mol. The van der Waals surface area contributed by atoms with Gasteiger partial charge in [-0.3, -0.25) is 5.32 Å². The standard InChI is InChI=1S/C14H15N3O/c15-8-11-3-1-4-12(7-11)14(9-16)17-10-13-5-2-6-18-13/h1,3-4,7,13-14,17H,2,5-6,10H2. The van der Waals surface area contributed by atoms with Crippen molar-refractivity contribution in [3.05, 3.63) is 35.4 Å². The Balaban J connectivity index is 1.99. The van der Waals surface area contributed by atoms with Crippen LogP contribution in [0.15, 0.2) is 24.3 Å². The van der Waals surface area contributed by atoms with Gasteiger partial charge in [0.25, 0.3) is 0 Å². The van der Waals surface area contributed by atoms with Crippen LogP contribution in [-0.2, 0) is 4.74 Å². The second-order valence-corrected chi connectivity index (χ2v) is 4.34. The van der Waals surface area contributed by atoms with Gasteiger partial charge < -0.3 is 4.74 Å². The zero-order valence-corrected chi connectivity index (χ0v) is 10.1. The van der Waals surface area contributed by atoms with E-state index in [0.717, 1.165) is 25.0 Å². The highest BCUT2D eigenvalue weighted by Crippen LogP contribution is 2.16. The van der Waals surface area contributed by atoms with Gasteiger partial charge in [-0.1, -0.05) is 12.1 Å². The normalized spacial score (nSPS) is 20.0. The molecule has 0 spiro atoms. The van der Waals surface area contributed by atoms with Gasteiger partial charge >= 0.3 is 0 Å². The van der Waals surface area contributed by atoms with E-state index in [1.54, 1.807) is 18.2 Å². The minimum atomic E-state index is -0.387. The van der Waals surface area contributed by atoms with Gasteiger partial charge in [0.05, 0.1) is 23.8 Å². The van der Waals surface area contributed by atoms with Crippen LogP contribution < -0.4 is 5.32 Å². The van der Waals surface area contributed by atoms with Crippen LogP contribution in [0, 0.1) is 22.7 Å². The SMILES string of the molecule is N#Cc1cccc(C(C#N)NCC2CCCO2)c1. The lowest BCUT2D eigenvalue weighted by molar-refractivity contribution is 0.109. The number of ether oxygens (including phenoxy) is 1. The Morgan fingerprint density at radius 1 is 1.44 bits per heavy atom. The van der Waals surface area contributed by atoms with Crippen LogP contribution in [0.3, 0.4) is 0 Å². The second kappa shape index (κ2) is 6.16. The Morgan fingerprint density at radius 2 is 2.33 bits per heavy atom. The van der Waals surface area contributed by atoms with Crippen molar-refractivity contribution in [2.45, 2.75) is 25.0 Å². The highest BCUT2D eigenvalue weighted by molar-refractivity contribution is 5.35. The van der Waals surface area contributed by atoms with E-state index in [-0.39, 0.29) is 12.1 Å². The minimum absolute atomic E-state index is 0.208. The van der Waals surface area contributed by atoms with Crippen molar-refractivity contribution in [1.29, 1.82) is 10.5 Å². The quantitative estimate of drug-likeness (QED) is 0.874. The van der Waals surface area contributed by atoms with E-state index in [0.29, 0.717) is 12.1 Å². The van der Waals surface area contributed by atoms with Crippen molar-refractivity contribution in [3.8, 4) is 12.1 Å². The average molecular weight is 241 g/mol. The minimum Gasteiger partial charge on any atom is -0.377 e. The van der Waals surface area contributed by atoms with E-state index in [1.807, 2.05) is 6.07 Å². The van der Waals surface area contributed by atoms with Gasteiger partial charge in [0.15, 0.2) is 0 Å². The van der Waals surface area contributed by atoms with E-state index in [4.69, 9.17) is 10.00 Å². The Kier molecular flexibility index (Phi) is 4.30. The number of hydrogen-bond donors (Lipinski definition) is 1. The Bertz CT molecular complexity index is 481. The van der Waals surface area contributed by atoms with E-state index in [2.05, 4.69) is 17.5 Å². The summed E-state index contributed by atoms with van der Waals surface area (Å²) in [4.78, 5) is 0. The first kappa shape index (κ1) is 12.6. The van der Waals surface area contributed by atoms with Crippen LogP contribution in [0.4, 0.5) is 0 Å². The summed E-state index contributed by atoms with van der Waals surface area (Å²) in [5.74, 6) is 0. The molecule has 0 radical (unpaired) electrons. The highest BCUT2D eigenvalue weighted by Gasteiger charge is 2.18. The summed E-state index contributed by atoms with van der Waals surface area (Å²) in [7, 11) is 0. The van der Waals surface area contributed by atoms with Gasteiger partial charge in [0.2, 0.25) is 0 Å². The molecule has 0 aliphatic carbocycles. The zero-order valence-electron chi connectivity index (χ0n) is 10.1. The van der Waals surface area contributed by atoms with Gasteiger partial charge in [-0.2, -0.15) is 10.5 Å². The van der Waals surface area contributed by atoms with Crippen molar-refractivity contribution in [3.63, 3.8) is 0 Å². The molecule has 1 aliphatic rings. The number of hydrogen-bond acceptors (Lipinski definition) is 4. The molecule has 2 unspecified atom stereocenters. The van der Waals surface area contributed by atoms with Crippen LogP contribution >= 0.6 is 0 Å². The van der Waals surface area contributed by atoms with Gasteiger partial charge in [-0.25, -0.2) is 0 Å². The summed E-state index contributed by atoms with van der Waals surface area (Å²) in [6.45, 7) is 1.49. The summed E-state index contributed by atoms with van der Waals surface area (Å²) < 4.78 is 5.50. The highest BCUT2D eigenvalue weighted by atomic mass is 16.5. The van der Waals surface area contributed by atoms with Gasteiger partial charge in [-0.05, 0) is 30.5 Å². The first-order valence-corrected chi connectivity index (χ1v) is 6.08. The molecule has 4 nitrogen and oxygen atoms in total.